The number of fused-ring (bicyclic) bond motifs is 3. The smallest absolute Gasteiger partial charge is 0.329 e. The molecule has 1 aliphatic carbocycles. The van der Waals surface area contributed by atoms with Crippen molar-refractivity contribution < 1.29 is 24.2 Å². The summed E-state index contributed by atoms with van der Waals surface area (Å²) in [6.45, 7) is 5.29. The van der Waals surface area contributed by atoms with Gasteiger partial charge in [-0.25, -0.2) is 4.79 Å². The number of unbranched alkanes of at least 4 members (excludes halogenated alkanes) is 1. The third kappa shape index (κ3) is 5.25. The van der Waals surface area contributed by atoms with Crippen LogP contribution in [0.2, 0.25) is 0 Å². The molecule has 0 aliphatic heterocycles. The molecule has 0 bridgehead atoms. The summed E-state index contributed by atoms with van der Waals surface area (Å²) in [5.74, 6) is -2.11. The Morgan fingerprint density at radius 3 is 2.22 bits per heavy atom. The number of carbonyl (C=O) groups excluding carboxylic acids is 2. The van der Waals surface area contributed by atoms with Gasteiger partial charge in [-0.15, -0.1) is 6.58 Å². The maximum atomic E-state index is 12.3. The van der Waals surface area contributed by atoms with Crippen LogP contribution in [0.1, 0.15) is 56.1 Å². The van der Waals surface area contributed by atoms with Gasteiger partial charge in [0.1, 0.15) is 12.1 Å². The predicted octanol–water partition coefficient (Wildman–Crippen LogP) is 4.44. The maximum Gasteiger partial charge on any atom is 0.329 e. The lowest BCUT2D eigenvalue weighted by Gasteiger charge is -2.26. The molecule has 1 atom stereocenters. The normalized spacial score (nSPS) is 14.0. The van der Waals surface area contributed by atoms with Gasteiger partial charge in [-0.1, -0.05) is 54.6 Å². The zero-order chi connectivity index (χ0) is 23.1. The van der Waals surface area contributed by atoms with Crippen molar-refractivity contribution in [1.82, 2.24) is 5.32 Å². The molecular weight excluding hydrogens is 406 g/mol. The minimum absolute atomic E-state index is 0.0414. The number of carboxylic acid groups (broad SMARTS) is 1. The zero-order valence-corrected chi connectivity index (χ0v) is 18.3. The summed E-state index contributed by atoms with van der Waals surface area (Å²) in [6, 6.07) is 16.1. The van der Waals surface area contributed by atoms with Crippen LogP contribution >= 0.6 is 0 Å². The molecule has 0 spiro atoms. The maximum absolute atomic E-state index is 12.3. The average Bonchev–Trinajstić information content (AvgIpc) is 3.10. The first-order valence-corrected chi connectivity index (χ1v) is 10.8. The molecule has 0 unspecified atom stereocenters. The van der Waals surface area contributed by atoms with E-state index < -0.39 is 23.4 Å². The number of esters is 1. The number of nitrogens with one attached hydrogen (secondary N) is 1. The third-order valence-electron chi connectivity index (χ3n) is 5.90. The highest BCUT2D eigenvalue weighted by Crippen LogP contribution is 2.44. The summed E-state index contributed by atoms with van der Waals surface area (Å²) in [6.07, 6.45) is 3.02. The Morgan fingerprint density at radius 1 is 1.06 bits per heavy atom. The van der Waals surface area contributed by atoms with E-state index >= 15 is 0 Å². The molecule has 0 radical (unpaired) electrons. The summed E-state index contributed by atoms with van der Waals surface area (Å²) in [7, 11) is 0. The lowest BCUT2D eigenvalue weighted by Crippen LogP contribution is -2.52. The van der Waals surface area contributed by atoms with E-state index in [-0.39, 0.29) is 31.8 Å². The molecule has 0 aromatic heterocycles. The van der Waals surface area contributed by atoms with Crippen LogP contribution in [0.5, 0.6) is 0 Å². The number of carbonyl (C=O) groups is 3. The Kier molecular flexibility index (Phi) is 7.46. The topological polar surface area (TPSA) is 92.7 Å². The van der Waals surface area contributed by atoms with Crippen molar-refractivity contribution in [2.75, 3.05) is 6.61 Å². The highest BCUT2D eigenvalue weighted by Gasteiger charge is 2.34. The first-order chi connectivity index (χ1) is 15.4. The summed E-state index contributed by atoms with van der Waals surface area (Å²) < 4.78 is 5.50. The van der Waals surface area contributed by atoms with Crippen molar-refractivity contribution >= 4 is 17.8 Å². The molecule has 0 heterocycles. The van der Waals surface area contributed by atoms with Crippen LogP contribution in [0.4, 0.5) is 0 Å². The molecule has 2 N–H and O–H groups in total. The fourth-order valence-electron chi connectivity index (χ4n) is 4.10. The fourth-order valence-corrected chi connectivity index (χ4v) is 4.10. The average molecular weight is 436 g/mol. The Bertz CT molecular complexity index is 969. The monoisotopic (exact) mass is 435 g/mol. The number of aliphatic carboxylic acids is 1. The minimum atomic E-state index is -1.37. The highest BCUT2D eigenvalue weighted by atomic mass is 16.5. The van der Waals surface area contributed by atoms with Gasteiger partial charge in [0.15, 0.2) is 0 Å². The third-order valence-corrected chi connectivity index (χ3v) is 5.90. The molecule has 168 valence electrons. The van der Waals surface area contributed by atoms with E-state index in [2.05, 4.69) is 24.0 Å². The summed E-state index contributed by atoms with van der Waals surface area (Å²) in [4.78, 5) is 36.2. The summed E-state index contributed by atoms with van der Waals surface area (Å²) in [5, 5.41) is 12.0. The quantitative estimate of drug-likeness (QED) is 0.309. The van der Waals surface area contributed by atoms with E-state index in [1.54, 1.807) is 6.08 Å². The van der Waals surface area contributed by atoms with Crippen LogP contribution < -0.4 is 5.32 Å². The number of hydrogen-bond acceptors (Lipinski definition) is 4. The Labute approximate surface area is 188 Å². The molecule has 1 aliphatic rings. The predicted molar refractivity (Wildman–Crippen MR) is 122 cm³/mol. The molecule has 6 nitrogen and oxygen atoms in total. The molecule has 32 heavy (non-hydrogen) atoms. The van der Waals surface area contributed by atoms with Crippen molar-refractivity contribution in [3.05, 3.63) is 72.3 Å². The molecule has 0 saturated heterocycles. The van der Waals surface area contributed by atoms with Gasteiger partial charge in [0.05, 0.1) is 6.42 Å². The number of ether oxygens (including phenoxy) is 1. The number of rotatable bonds is 11. The van der Waals surface area contributed by atoms with Crippen molar-refractivity contribution in [2.24, 2.45) is 0 Å². The molecule has 2 aromatic rings. The molecule has 2 aromatic carbocycles. The number of amides is 1. The first-order valence-electron chi connectivity index (χ1n) is 10.8. The molecular formula is C26H29NO5. The lowest BCUT2D eigenvalue weighted by atomic mass is 9.94. The van der Waals surface area contributed by atoms with Gasteiger partial charge in [0.25, 0.3) is 0 Å². The summed E-state index contributed by atoms with van der Waals surface area (Å²) >= 11 is 0. The van der Waals surface area contributed by atoms with Gasteiger partial charge in [0.2, 0.25) is 5.91 Å². The first kappa shape index (κ1) is 23.3. The van der Waals surface area contributed by atoms with Crippen LogP contribution in [0.3, 0.4) is 0 Å². The molecule has 0 saturated carbocycles. The molecule has 3 rings (SSSR count). The van der Waals surface area contributed by atoms with Crippen molar-refractivity contribution in [2.45, 2.75) is 50.5 Å². The Hall–Kier alpha value is -3.41. The van der Waals surface area contributed by atoms with Gasteiger partial charge in [0, 0.05) is 12.3 Å². The number of allylic oxidation sites excluding steroid dienone is 1. The zero-order valence-electron chi connectivity index (χ0n) is 18.3. The van der Waals surface area contributed by atoms with Crippen molar-refractivity contribution in [3.8, 4) is 11.1 Å². The van der Waals surface area contributed by atoms with E-state index in [1.807, 2.05) is 36.4 Å². The van der Waals surface area contributed by atoms with Gasteiger partial charge in [-0.3, -0.25) is 9.59 Å². The number of benzene rings is 2. The van der Waals surface area contributed by atoms with Crippen molar-refractivity contribution in [3.63, 3.8) is 0 Å². The van der Waals surface area contributed by atoms with Crippen LogP contribution in [0.25, 0.3) is 11.1 Å². The number of carboxylic acids is 1. The Morgan fingerprint density at radius 2 is 1.66 bits per heavy atom. The standard InChI is InChI=1S/C26H29NO5/c1-3-4-9-16-26(2,25(30)31)27-23(28)14-15-24(29)32-17-22-20-12-7-5-10-18(20)19-11-6-8-13-21(19)22/h3,5-8,10-13,22H,1,4,9,14-17H2,2H3,(H,27,28)(H,30,31)/t26-/m1/s1. The van der Waals surface area contributed by atoms with Gasteiger partial charge in [-0.05, 0) is 48.4 Å². The van der Waals surface area contributed by atoms with Gasteiger partial charge >= 0.3 is 11.9 Å². The SMILES string of the molecule is C=CCCC[C@@](C)(NC(=O)CCC(=O)OCC1c2ccccc2-c2ccccc21)C(=O)O. The van der Waals surface area contributed by atoms with Gasteiger partial charge in [-0.2, -0.15) is 0 Å². The van der Waals surface area contributed by atoms with Crippen LogP contribution in [-0.2, 0) is 19.1 Å². The highest BCUT2D eigenvalue weighted by molar-refractivity contribution is 5.88. The van der Waals surface area contributed by atoms with E-state index in [0.717, 1.165) is 22.3 Å². The second-order valence-electron chi connectivity index (χ2n) is 8.28. The van der Waals surface area contributed by atoms with Gasteiger partial charge < -0.3 is 15.2 Å². The Balaban J connectivity index is 1.53. The molecule has 1 amide bonds. The second kappa shape index (κ2) is 10.3. The van der Waals surface area contributed by atoms with E-state index in [4.69, 9.17) is 4.74 Å². The van der Waals surface area contributed by atoms with E-state index in [1.165, 1.54) is 6.92 Å². The molecule has 6 heteroatoms. The lowest BCUT2D eigenvalue weighted by molar-refractivity contribution is -0.148. The minimum Gasteiger partial charge on any atom is -0.480 e. The number of hydrogen-bond donors (Lipinski definition) is 2. The second-order valence-corrected chi connectivity index (χ2v) is 8.28. The molecule has 0 fully saturated rings. The largest absolute Gasteiger partial charge is 0.480 e. The fraction of sp³-hybridized carbons (Fsp3) is 0.346. The van der Waals surface area contributed by atoms with Crippen LogP contribution in [-0.4, -0.2) is 35.1 Å². The summed E-state index contributed by atoms with van der Waals surface area (Å²) in [5.41, 5.74) is 3.16. The van der Waals surface area contributed by atoms with Crippen LogP contribution in [0, 0.1) is 0 Å². The van der Waals surface area contributed by atoms with Crippen LogP contribution in [0.15, 0.2) is 61.2 Å². The van der Waals surface area contributed by atoms with Crippen molar-refractivity contribution in [1.29, 1.82) is 0 Å². The van der Waals surface area contributed by atoms with E-state index in [9.17, 15) is 19.5 Å². The van der Waals surface area contributed by atoms with E-state index in [0.29, 0.717) is 12.8 Å².